The molecule has 1 aromatic heterocycles. The molecule has 1 aliphatic rings. The number of para-hydroxylation sites is 2. The third-order valence-corrected chi connectivity index (χ3v) is 5.22. The average Bonchev–Trinajstić information content (AvgIpc) is 3.21. The molecule has 1 saturated heterocycles. The van der Waals surface area contributed by atoms with Crippen LogP contribution in [-0.2, 0) is 4.79 Å². The molecule has 0 spiro atoms. The summed E-state index contributed by atoms with van der Waals surface area (Å²) in [5.74, 6) is 1.03. The van der Waals surface area contributed by atoms with Crippen molar-refractivity contribution in [3.63, 3.8) is 0 Å². The normalized spacial score (nSPS) is 14.6. The van der Waals surface area contributed by atoms with Crippen LogP contribution in [0.5, 0.6) is 11.5 Å². The van der Waals surface area contributed by atoms with E-state index < -0.39 is 4.92 Å². The number of ether oxygens (including phenoxy) is 2. The first-order valence-electron chi connectivity index (χ1n) is 9.63. The molecule has 156 valence electrons. The molecule has 2 aromatic carbocycles. The van der Waals surface area contributed by atoms with Crippen LogP contribution in [0.25, 0.3) is 11.1 Å². The van der Waals surface area contributed by atoms with Gasteiger partial charge in [-0.05, 0) is 37.1 Å². The largest absolute Gasteiger partial charge is 0.496 e. The van der Waals surface area contributed by atoms with Crippen LogP contribution in [0.4, 0.5) is 5.69 Å². The number of fused-ring (bicyclic) bond motifs is 1. The number of amides is 1. The van der Waals surface area contributed by atoms with Crippen molar-refractivity contribution < 1.29 is 23.6 Å². The number of nitrogens with zero attached hydrogens (tertiary/aromatic N) is 3. The standard InChI is InChI=1S/C21H21N3O6/c1-28-15-6-7-19(17(12-15)24(26)27)29-13-20(25)23-10-8-14(9-11-23)21-22-16-4-2-3-5-18(16)30-21/h2-7,12,14H,8-11,13H2,1H3. The summed E-state index contributed by atoms with van der Waals surface area (Å²) < 4.78 is 16.3. The first-order chi connectivity index (χ1) is 14.5. The Kier molecular flexibility index (Phi) is 5.51. The fourth-order valence-electron chi connectivity index (χ4n) is 3.56. The fourth-order valence-corrected chi connectivity index (χ4v) is 3.56. The van der Waals surface area contributed by atoms with Crippen LogP contribution in [0.2, 0.25) is 0 Å². The fraction of sp³-hybridized carbons (Fsp3) is 0.333. The second kappa shape index (κ2) is 8.40. The minimum absolute atomic E-state index is 0.0375. The maximum atomic E-state index is 12.5. The average molecular weight is 411 g/mol. The number of carbonyl (C=O) groups is 1. The molecular formula is C21H21N3O6. The van der Waals surface area contributed by atoms with Gasteiger partial charge in [-0.2, -0.15) is 0 Å². The molecule has 0 bridgehead atoms. The van der Waals surface area contributed by atoms with Gasteiger partial charge in [0, 0.05) is 19.0 Å². The Morgan fingerprint density at radius 1 is 1.27 bits per heavy atom. The molecule has 30 heavy (non-hydrogen) atoms. The summed E-state index contributed by atoms with van der Waals surface area (Å²) in [7, 11) is 1.42. The molecule has 1 fully saturated rings. The van der Waals surface area contributed by atoms with E-state index in [2.05, 4.69) is 4.98 Å². The molecule has 0 N–H and O–H groups in total. The van der Waals surface area contributed by atoms with Gasteiger partial charge in [-0.25, -0.2) is 4.98 Å². The third-order valence-electron chi connectivity index (χ3n) is 5.22. The summed E-state index contributed by atoms with van der Waals surface area (Å²) in [6, 6.07) is 11.9. The van der Waals surface area contributed by atoms with Gasteiger partial charge in [0.05, 0.1) is 18.1 Å². The zero-order valence-corrected chi connectivity index (χ0v) is 16.4. The van der Waals surface area contributed by atoms with Gasteiger partial charge in [-0.1, -0.05) is 12.1 Å². The van der Waals surface area contributed by atoms with Gasteiger partial charge in [-0.15, -0.1) is 0 Å². The lowest BCUT2D eigenvalue weighted by molar-refractivity contribution is -0.385. The minimum Gasteiger partial charge on any atom is -0.496 e. The molecule has 9 heteroatoms. The third kappa shape index (κ3) is 4.05. The predicted molar refractivity (Wildman–Crippen MR) is 108 cm³/mol. The first-order valence-corrected chi connectivity index (χ1v) is 9.63. The number of hydrogen-bond acceptors (Lipinski definition) is 7. The van der Waals surface area contributed by atoms with Crippen molar-refractivity contribution in [3.05, 3.63) is 58.5 Å². The van der Waals surface area contributed by atoms with E-state index in [0.717, 1.165) is 23.9 Å². The Hall–Kier alpha value is -3.62. The lowest BCUT2D eigenvalue weighted by atomic mass is 9.97. The summed E-state index contributed by atoms with van der Waals surface area (Å²) in [6.07, 6.45) is 1.47. The highest BCUT2D eigenvalue weighted by molar-refractivity contribution is 5.78. The lowest BCUT2D eigenvalue weighted by Gasteiger charge is -2.30. The second-order valence-electron chi connectivity index (χ2n) is 7.05. The Morgan fingerprint density at radius 3 is 2.73 bits per heavy atom. The monoisotopic (exact) mass is 411 g/mol. The van der Waals surface area contributed by atoms with Crippen LogP contribution in [0.1, 0.15) is 24.7 Å². The highest BCUT2D eigenvalue weighted by atomic mass is 16.6. The number of nitro benzene ring substituents is 1. The second-order valence-corrected chi connectivity index (χ2v) is 7.05. The van der Waals surface area contributed by atoms with E-state index in [4.69, 9.17) is 13.9 Å². The van der Waals surface area contributed by atoms with E-state index >= 15 is 0 Å². The topological polar surface area (TPSA) is 108 Å². The molecule has 0 atom stereocenters. The van der Waals surface area contributed by atoms with Gasteiger partial charge in [0.2, 0.25) is 0 Å². The van der Waals surface area contributed by atoms with Gasteiger partial charge in [0.15, 0.2) is 23.8 Å². The Morgan fingerprint density at radius 2 is 2.03 bits per heavy atom. The van der Waals surface area contributed by atoms with Gasteiger partial charge in [-0.3, -0.25) is 14.9 Å². The highest BCUT2D eigenvalue weighted by Gasteiger charge is 2.27. The quantitative estimate of drug-likeness (QED) is 0.451. The van der Waals surface area contributed by atoms with Gasteiger partial charge in [0.25, 0.3) is 5.91 Å². The molecule has 1 amide bonds. The van der Waals surface area contributed by atoms with E-state index in [1.54, 1.807) is 11.0 Å². The van der Waals surface area contributed by atoms with Crippen molar-refractivity contribution in [2.45, 2.75) is 18.8 Å². The molecule has 4 rings (SSSR count). The van der Waals surface area contributed by atoms with Crippen LogP contribution in [-0.4, -0.2) is 47.5 Å². The summed E-state index contributed by atoms with van der Waals surface area (Å²) in [5.41, 5.74) is 1.36. The smallest absolute Gasteiger partial charge is 0.314 e. The summed E-state index contributed by atoms with van der Waals surface area (Å²) in [6.45, 7) is 0.841. The van der Waals surface area contributed by atoms with Crippen LogP contribution in [0, 0.1) is 10.1 Å². The zero-order chi connectivity index (χ0) is 21.1. The number of rotatable bonds is 6. The maximum Gasteiger partial charge on any atom is 0.314 e. The Bertz CT molecular complexity index is 1040. The molecule has 1 aliphatic heterocycles. The number of likely N-dealkylation sites (tertiary alicyclic amines) is 1. The number of piperidine rings is 1. The van der Waals surface area contributed by atoms with Crippen molar-refractivity contribution in [3.8, 4) is 11.5 Å². The van der Waals surface area contributed by atoms with Crippen molar-refractivity contribution in [1.82, 2.24) is 9.88 Å². The number of methoxy groups -OCH3 is 1. The molecule has 3 aromatic rings. The Labute approximate surface area is 172 Å². The van der Waals surface area contributed by atoms with Crippen molar-refractivity contribution in [2.24, 2.45) is 0 Å². The molecule has 0 aliphatic carbocycles. The summed E-state index contributed by atoms with van der Waals surface area (Å²) >= 11 is 0. The van der Waals surface area contributed by atoms with E-state index in [1.807, 2.05) is 24.3 Å². The van der Waals surface area contributed by atoms with Gasteiger partial charge >= 0.3 is 5.69 Å². The van der Waals surface area contributed by atoms with Gasteiger partial charge in [0.1, 0.15) is 11.3 Å². The number of hydrogen-bond donors (Lipinski definition) is 0. The van der Waals surface area contributed by atoms with E-state index in [9.17, 15) is 14.9 Å². The van der Waals surface area contributed by atoms with Crippen LogP contribution >= 0.6 is 0 Å². The van der Waals surface area contributed by atoms with Crippen LogP contribution in [0.15, 0.2) is 46.9 Å². The van der Waals surface area contributed by atoms with Crippen LogP contribution < -0.4 is 9.47 Å². The first kappa shape index (κ1) is 19.7. The molecule has 9 nitrogen and oxygen atoms in total. The molecule has 2 heterocycles. The number of nitro groups is 1. The number of oxazole rings is 1. The van der Waals surface area contributed by atoms with Crippen molar-refractivity contribution in [2.75, 3.05) is 26.8 Å². The molecule has 0 unspecified atom stereocenters. The van der Waals surface area contributed by atoms with Crippen molar-refractivity contribution in [1.29, 1.82) is 0 Å². The summed E-state index contributed by atoms with van der Waals surface area (Å²) in [5, 5.41) is 11.2. The van der Waals surface area contributed by atoms with Crippen molar-refractivity contribution >= 4 is 22.7 Å². The predicted octanol–water partition coefficient (Wildman–Crippen LogP) is 3.53. The highest BCUT2D eigenvalue weighted by Crippen LogP contribution is 2.32. The summed E-state index contributed by atoms with van der Waals surface area (Å²) in [4.78, 5) is 29.5. The lowest BCUT2D eigenvalue weighted by Crippen LogP contribution is -2.40. The number of carbonyl (C=O) groups excluding carboxylic acids is 1. The zero-order valence-electron chi connectivity index (χ0n) is 16.4. The Balaban J connectivity index is 1.34. The molecular weight excluding hydrogens is 390 g/mol. The van der Waals surface area contributed by atoms with Crippen LogP contribution in [0.3, 0.4) is 0 Å². The molecule has 0 radical (unpaired) electrons. The SMILES string of the molecule is COc1ccc(OCC(=O)N2CCC(c3nc4ccccc4o3)CC2)c([N+](=O)[O-])c1. The number of aromatic nitrogens is 1. The van der Waals surface area contributed by atoms with E-state index in [0.29, 0.717) is 24.7 Å². The van der Waals surface area contributed by atoms with Gasteiger partial charge < -0.3 is 18.8 Å². The van der Waals surface area contributed by atoms with E-state index in [1.165, 1.54) is 19.2 Å². The maximum absolute atomic E-state index is 12.5. The minimum atomic E-state index is -0.561. The molecule has 0 saturated carbocycles. The van der Waals surface area contributed by atoms with E-state index in [-0.39, 0.29) is 29.9 Å². The number of benzene rings is 2.